The number of nitrogens with two attached hydrogens (primary N) is 1. The summed E-state index contributed by atoms with van der Waals surface area (Å²) < 4.78 is 17.8. The van der Waals surface area contributed by atoms with E-state index in [1.807, 2.05) is 86.6 Å². The highest BCUT2D eigenvalue weighted by atomic mass is 16.6. The molecule has 2 N–H and O–H groups in total. The third-order valence-corrected chi connectivity index (χ3v) is 10.3. The van der Waals surface area contributed by atoms with Crippen LogP contribution in [-0.2, 0) is 11.8 Å². The lowest BCUT2D eigenvalue weighted by molar-refractivity contribution is 0.0443. The predicted octanol–water partition coefficient (Wildman–Crippen LogP) is 8.58. The molecule has 330 valence electrons. The summed E-state index contributed by atoms with van der Waals surface area (Å²) in [6, 6.07) is 34.7. The first-order valence-electron chi connectivity index (χ1n) is 19.0. The zero-order chi connectivity index (χ0) is 44.0. The molecule has 14 nitrogen and oxygen atoms in total. The highest BCUT2D eigenvalue weighted by Gasteiger charge is 2.36. The van der Waals surface area contributed by atoms with Crippen LogP contribution in [0.25, 0.3) is 27.2 Å². The fourth-order valence-corrected chi connectivity index (χ4v) is 6.94. The molecule has 1 aliphatic carbocycles. The van der Waals surface area contributed by atoms with Crippen molar-refractivity contribution in [3.05, 3.63) is 196 Å². The van der Waals surface area contributed by atoms with Gasteiger partial charge in [-0.05, 0) is 111 Å². The van der Waals surface area contributed by atoms with Crippen molar-refractivity contribution in [1.29, 1.82) is 0 Å². The molecule has 14 heteroatoms. The van der Waals surface area contributed by atoms with E-state index in [1.54, 1.807) is 24.3 Å². The Bertz CT molecular complexity index is 3130. The zero-order valence-corrected chi connectivity index (χ0v) is 33.2. The number of ketones is 2. The van der Waals surface area contributed by atoms with Crippen LogP contribution >= 0.6 is 0 Å². The Kier molecular flexibility index (Phi) is 13.8. The van der Waals surface area contributed by atoms with Crippen LogP contribution in [0.4, 0.5) is 5.69 Å². The Morgan fingerprint density at radius 1 is 0.462 bits per heavy atom. The van der Waals surface area contributed by atoms with Gasteiger partial charge in [-0.3, -0.25) is 33.3 Å². The summed E-state index contributed by atoms with van der Waals surface area (Å²) in [6.07, 6.45) is -0.193. The van der Waals surface area contributed by atoms with Crippen molar-refractivity contribution < 1.29 is 33.4 Å². The quantitative estimate of drug-likeness (QED) is 0.0983. The van der Waals surface area contributed by atoms with Gasteiger partial charge in [0, 0.05) is 23.9 Å². The first kappa shape index (κ1) is 47.5. The molecule has 6 aromatic carbocycles. The van der Waals surface area contributed by atoms with Crippen LogP contribution in [-0.4, -0.2) is 32.6 Å². The minimum absolute atomic E-state index is 0. The average molecular weight is 876 g/mol. The third-order valence-electron chi connectivity index (χ3n) is 10.3. The SMILES string of the molecule is C.C.C.Cc1ccc(Oc2ccc(-n3c(=O)c4cc5c(=O)n(C)c(=O)c5cc4c3=O)cc2)cc1.Cc1ccc(Oc2ccc(N)cc2)cc1.O=C1CC(=O)c2cc3c(cc21)C(=O)OC3=O. The molecule has 0 unspecified atom stereocenters. The van der Waals surface area contributed by atoms with E-state index in [0.717, 1.165) is 31.9 Å². The standard InChI is InChI=1S/C24H16N2O5.C13H13NO.C11H4O5.3CH4/c1-13-3-7-15(8-4-13)31-16-9-5-14(6-10-16)26-23(29)19-11-17-18(12-20(19)24(26)30)22(28)25(2)21(17)27;1-10-2-6-12(7-3-10)15-13-8-4-11(14)5-9-13;12-8-3-9(13)5-2-7-6(1-4(5)8)10(14)16-11(7)15;;;/h3-12H,1-2H3;2-9H,14H2,1H3;1-2H,3H2;3*1H4. The average Bonchev–Trinajstić information content (AvgIpc) is 3.88. The van der Waals surface area contributed by atoms with Crippen molar-refractivity contribution in [2.45, 2.75) is 42.5 Å². The molecule has 0 saturated carbocycles. The van der Waals surface area contributed by atoms with E-state index in [1.165, 1.54) is 36.9 Å². The molecule has 0 saturated heterocycles. The van der Waals surface area contributed by atoms with Gasteiger partial charge in [0.2, 0.25) is 0 Å². The number of rotatable bonds is 5. The fraction of sp³-hybridized carbons (Fsp3) is 0.137. The number of hydrogen-bond acceptors (Lipinski definition) is 12. The van der Waals surface area contributed by atoms with E-state index in [9.17, 15) is 38.4 Å². The van der Waals surface area contributed by atoms with E-state index < -0.39 is 34.2 Å². The first-order valence-corrected chi connectivity index (χ1v) is 19.0. The van der Waals surface area contributed by atoms with Gasteiger partial charge in [0.15, 0.2) is 11.6 Å². The second-order valence-electron chi connectivity index (χ2n) is 14.6. The number of Topliss-reactive ketones (excluding diaryl/α,β-unsaturated/α-hetero) is 2. The van der Waals surface area contributed by atoms with Crippen LogP contribution in [0.15, 0.2) is 141 Å². The Hall–Kier alpha value is -8.52. The maximum Gasteiger partial charge on any atom is 0.346 e. The number of aryl methyl sites for hydroxylation is 2. The molecule has 2 aromatic heterocycles. The van der Waals surface area contributed by atoms with Crippen LogP contribution < -0.4 is 37.4 Å². The van der Waals surface area contributed by atoms with Crippen molar-refractivity contribution in [2.75, 3.05) is 5.73 Å². The predicted molar refractivity (Wildman–Crippen MR) is 250 cm³/mol. The molecule has 0 bridgehead atoms. The molecule has 3 heterocycles. The highest BCUT2D eigenvalue weighted by Crippen LogP contribution is 2.30. The number of ether oxygens (including phenoxy) is 3. The Balaban J connectivity index is 0.000000197. The van der Waals surface area contributed by atoms with E-state index in [-0.39, 0.29) is 84.1 Å². The lowest BCUT2D eigenvalue weighted by atomic mass is 10.0. The summed E-state index contributed by atoms with van der Waals surface area (Å²) >= 11 is 0. The van der Waals surface area contributed by atoms with Crippen molar-refractivity contribution >= 4 is 50.7 Å². The number of carbonyl (C=O) groups is 4. The summed E-state index contributed by atoms with van der Waals surface area (Å²) in [5, 5.41) is 0.493. The molecule has 0 amide bonds. The van der Waals surface area contributed by atoms with E-state index >= 15 is 0 Å². The smallest absolute Gasteiger partial charge is 0.346 e. The summed E-state index contributed by atoms with van der Waals surface area (Å²) in [4.78, 5) is 95.6. The van der Waals surface area contributed by atoms with Crippen LogP contribution in [0.2, 0.25) is 0 Å². The van der Waals surface area contributed by atoms with Gasteiger partial charge in [0.25, 0.3) is 22.2 Å². The van der Waals surface area contributed by atoms with Crippen LogP contribution in [0.3, 0.4) is 0 Å². The second kappa shape index (κ2) is 18.8. The minimum atomic E-state index is -0.769. The minimum Gasteiger partial charge on any atom is -0.457 e. The van der Waals surface area contributed by atoms with Crippen molar-refractivity contribution in [3.8, 4) is 28.7 Å². The number of aromatic nitrogens is 2. The third kappa shape index (κ3) is 9.18. The number of cyclic esters (lactones) is 2. The van der Waals surface area contributed by atoms with Crippen molar-refractivity contribution in [3.63, 3.8) is 0 Å². The van der Waals surface area contributed by atoms with Gasteiger partial charge in [-0.15, -0.1) is 0 Å². The lowest BCUT2D eigenvalue weighted by Crippen LogP contribution is -2.23. The number of anilines is 1. The molecule has 65 heavy (non-hydrogen) atoms. The summed E-state index contributed by atoms with van der Waals surface area (Å²) in [6.45, 7) is 4.03. The molecule has 0 atom stereocenters. The normalized spacial score (nSPS) is 12.0. The van der Waals surface area contributed by atoms with E-state index in [4.69, 9.17) is 15.2 Å². The van der Waals surface area contributed by atoms with Crippen LogP contribution in [0, 0.1) is 13.8 Å². The highest BCUT2D eigenvalue weighted by molar-refractivity contribution is 6.27. The number of carbonyl (C=O) groups excluding carboxylic acids is 4. The fourth-order valence-electron chi connectivity index (χ4n) is 6.94. The van der Waals surface area contributed by atoms with Crippen LogP contribution in [0.1, 0.15) is 81.3 Å². The van der Waals surface area contributed by atoms with Crippen molar-refractivity contribution in [2.24, 2.45) is 7.05 Å². The Labute approximate surface area is 372 Å². The summed E-state index contributed by atoms with van der Waals surface area (Å²) in [5.41, 5.74) is 7.52. The molecule has 0 spiro atoms. The molecule has 2 aliphatic rings. The largest absolute Gasteiger partial charge is 0.457 e. The summed E-state index contributed by atoms with van der Waals surface area (Å²) in [7, 11) is 1.37. The Morgan fingerprint density at radius 3 is 1.18 bits per heavy atom. The van der Waals surface area contributed by atoms with Gasteiger partial charge in [-0.2, -0.15) is 0 Å². The van der Waals surface area contributed by atoms with E-state index in [2.05, 4.69) is 4.74 Å². The maximum atomic E-state index is 12.9. The topological polar surface area (TPSA) is 200 Å². The number of nitrogen functional groups attached to an aromatic ring is 1. The van der Waals surface area contributed by atoms with Gasteiger partial charge in [-0.25, -0.2) is 14.2 Å². The maximum absolute atomic E-state index is 12.9. The van der Waals surface area contributed by atoms with Gasteiger partial charge in [-0.1, -0.05) is 57.7 Å². The number of hydrogen-bond donors (Lipinski definition) is 1. The Morgan fingerprint density at radius 2 is 0.800 bits per heavy atom. The van der Waals surface area contributed by atoms with Gasteiger partial charge >= 0.3 is 11.9 Å². The number of nitrogens with zero attached hydrogens (tertiary/aromatic N) is 2. The molecular formula is C51H45N3O11. The van der Waals surface area contributed by atoms with Crippen molar-refractivity contribution in [1.82, 2.24) is 9.13 Å². The zero-order valence-electron chi connectivity index (χ0n) is 33.2. The molecule has 0 radical (unpaired) electrons. The van der Waals surface area contributed by atoms with Crippen LogP contribution in [0.5, 0.6) is 23.0 Å². The number of benzene rings is 6. The number of esters is 2. The van der Waals surface area contributed by atoms with E-state index in [0.29, 0.717) is 17.2 Å². The molecular weight excluding hydrogens is 831 g/mol. The van der Waals surface area contributed by atoms with Gasteiger partial charge < -0.3 is 19.9 Å². The van der Waals surface area contributed by atoms with Gasteiger partial charge in [0.1, 0.15) is 23.0 Å². The second-order valence-corrected chi connectivity index (χ2v) is 14.6. The molecule has 0 fully saturated rings. The first-order chi connectivity index (χ1) is 29.7. The lowest BCUT2D eigenvalue weighted by Gasteiger charge is -2.07. The summed E-state index contributed by atoms with van der Waals surface area (Å²) in [5.74, 6) is 0.684. The number of fused-ring (bicyclic) bond motifs is 4. The monoisotopic (exact) mass is 875 g/mol. The van der Waals surface area contributed by atoms with Gasteiger partial charge in [0.05, 0.1) is 44.8 Å². The molecule has 8 aromatic rings. The molecule has 1 aliphatic heterocycles. The molecule has 10 rings (SSSR count).